The van der Waals surface area contributed by atoms with Crippen molar-refractivity contribution in [3.8, 4) is 0 Å². The van der Waals surface area contributed by atoms with E-state index in [0.29, 0.717) is 18.7 Å². The van der Waals surface area contributed by atoms with E-state index in [1.807, 2.05) is 70.0 Å². The van der Waals surface area contributed by atoms with Gasteiger partial charge in [-0.1, -0.05) is 55.1 Å². The molecule has 195 valence electrons. The number of para-hydroxylation sites is 2. The van der Waals surface area contributed by atoms with Crippen molar-refractivity contribution in [3.05, 3.63) is 108 Å². The van der Waals surface area contributed by atoms with E-state index in [1.54, 1.807) is 6.92 Å². The fraction of sp³-hybridized carbons (Fsp3) is 0.250. The van der Waals surface area contributed by atoms with E-state index in [9.17, 15) is 22.9 Å². The molecule has 5 nitrogen and oxygen atoms in total. The zero-order valence-corrected chi connectivity index (χ0v) is 21.3. The average molecular weight is 530 g/mol. The average Bonchev–Trinajstić information content (AvgIpc) is 3.26. The molecule has 1 atom stereocenters. The number of hydrogen-bond acceptors (Lipinski definition) is 5. The van der Waals surface area contributed by atoms with Gasteiger partial charge in [0.05, 0.1) is 18.1 Å². The lowest BCUT2D eigenvalue weighted by molar-refractivity contribution is -0.146. The lowest BCUT2D eigenvalue weighted by Gasteiger charge is -2.45. The van der Waals surface area contributed by atoms with Gasteiger partial charge in [0.15, 0.2) is 7.79 Å². The Kier molecular flexibility index (Phi) is 7.90. The molecule has 3 aromatic carbocycles. The summed E-state index contributed by atoms with van der Waals surface area (Å²) in [4.78, 5) is 25.7. The molecule has 0 spiro atoms. The largest absolute Gasteiger partial charge is 0.466 e. The molecule has 4 rings (SSSR count). The molecule has 0 aliphatic carbocycles. The third-order valence-corrected chi connectivity index (χ3v) is 9.68. The number of halogens is 3. The summed E-state index contributed by atoms with van der Waals surface area (Å²) < 4.78 is 48.4. The second kappa shape index (κ2) is 11.0. The minimum Gasteiger partial charge on any atom is -0.466 e. The molecule has 1 aliphatic rings. The van der Waals surface area contributed by atoms with Gasteiger partial charge in [0.25, 0.3) is 0 Å². The van der Waals surface area contributed by atoms with E-state index < -0.39 is 31.4 Å². The quantitative estimate of drug-likeness (QED) is 0.259. The van der Waals surface area contributed by atoms with E-state index in [2.05, 4.69) is 6.58 Å². The molecule has 1 aliphatic heterocycles. The van der Waals surface area contributed by atoms with Crippen LogP contribution in [0.1, 0.15) is 18.1 Å². The molecule has 0 amide bonds. The van der Waals surface area contributed by atoms with Crippen LogP contribution in [0, 0.1) is 5.92 Å². The Balaban J connectivity index is 1.75. The summed E-state index contributed by atoms with van der Waals surface area (Å²) >= 11 is 0. The van der Waals surface area contributed by atoms with Crippen molar-refractivity contribution in [1.29, 1.82) is 0 Å². The highest BCUT2D eigenvalue weighted by molar-refractivity contribution is 7.77. The van der Waals surface area contributed by atoms with Crippen LogP contribution in [0.2, 0.25) is 0 Å². The monoisotopic (exact) mass is 529 g/mol. The van der Waals surface area contributed by atoms with Crippen LogP contribution in [0.15, 0.2) is 96.8 Å². The number of alkyl halides is 3. The molecule has 0 saturated carbocycles. The van der Waals surface area contributed by atoms with Crippen molar-refractivity contribution in [1.82, 2.24) is 0 Å². The van der Waals surface area contributed by atoms with Crippen LogP contribution in [0.25, 0.3) is 0 Å². The molecule has 37 heavy (non-hydrogen) atoms. The lowest BCUT2D eigenvalue weighted by atomic mass is 9.98. The second-order valence-corrected chi connectivity index (χ2v) is 11.4. The highest BCUT2D eigenvalue weighted by Crippen LogP contribution is 2.73. The minimum absolute atomic E-state index is 0.0450. The molecule has 1 unspecified atom stereocenters. The lowest BCUT2D eigenvalue weighted by Crippen LogP contribution is -2.32. The molecule has 3 aromatic rings. The number of rotatable bonds is 8. The Bertz CT molecular complexity index is 1170. The SMILES string of the molecule is C=C(C(Cc1ccc(C(F)(F)F)cc1)C(=O)OCC)[P]1(O)N(c2ccccc2)CCN1c1ccccc1. The van der Waals surface area contributed by atoms with Gasteiger partial charge >= 0.3 is 12.1 Å². The molecular weight excluding hydrogens is 500 g/mol. The first-order chi connectivity index (χ1) is 17.7. The first kappa shape index (κ1) is 26.7. The topological polar surface area (TPSA) is 53.0 Å². The fourth-order valence-electron chi connectivity index (χ4n) is 4.54. The van der Waals surface area contributed by atoms with Crippen molar-refractivity contribution in [2.24, 2.45) is 5.92 Å². The maximum atomic E-state index is 13.2. The van der Waals surface area contributed by atoms with Crippen LogP contribution in [0.5, 0.6) is 0 Å². The van der Waals surface area contributed by atoms with Crippen LogP contribution in [-0.2, 0) is 22.1 Å². The molecule has 0 bridgehead atoms. The maximum absolute atomic E-state index is 13.2. The number of anilines is 2. The van der Waals surface area contributed by atoms with Crippen LogP contribution in [0.3, 0.4) is 0 Å². The van der Waals surface area contributed by atoms with Gasteiger partial charge in [-0.2, -0.15) is 13.2 Å². The fourth-order valence-corrected chi connectivity index (χ4v) is 7.69. The van der Waals surface area contributed by atoms with E-state index >= 15 is 0 Å². The predicted octanol–water partition coefficient (Wildman–Crippen LogP) is 6.72. The Morgan fingerprint density at radius 3 is 1.86 bits per heavy atom. The zero-order chi connectivity index (χ0) is 26.6. The summed E-state index contributed by atoms with van der Waals surface area (Å²) in [7, 11) is -3.39. The first-order valence-electron chi connectivity index (χ1n) is 12.0. The third kappa shape index (κ3) is 5.50. The Morgan fingerprint density at radius 2 is 1.43 bits per heavy atom. The number of carbonyl (C=O) groups excluding carboxylic acids is 1. The Morgan fingerprint density at radius 1 is 0.946 bits per heavy atom. The summed E-state index contributed by atoms with van der Waals surface area (Å²) in [5, 5.41) is 0.288. The van der Waals surface area contributed by atoms with E-state index in [-0.39, 0.29) is 18.3 Å². The van der Waals surface area contributed by atoms with Gasteiger partial charge in [0.2, 0.25) is 0 Å². The Hall–Kier alpha value is -3.35. The molecule has 1 fully saturated rings. The first-order valence-corrected chi connectivity index (χ1v) is 13.6. The number of nitrogens with zero attached hydrogens (tertiary/aromatic N) is 2. The normalized spacial score (nSPS) is 15.9. The van der Waals surface area contributed by atoms with Crippen LogP contribution in [0.4, 0.5) is 24.5 Å². The number of esters is 1. The summed E-state index contributed by atoms with van der Waals surface area (Å²) in [6.07, 6.45) is -4.41. The van der Waals surface area contributed by atoms with Crippen molar-refractivity contribution in [3.63, 3.8) is 0 Å². The van der Waals surface area contributed by atoms with Crippen molar-refractivity contribution >= 4 is 25.1 Å². The van der Waals surface area contributed by atoms with Gasteiger partial charge in [-0.15, -0.1) is 0 Å². The summed E-state index contributed by atoms with van der Waals surface area (Å²) in [5.41, 5.74) is 1.32. The van der Waals surface area contributed by atoms with Crippen molar-refractivity contribution in [2.45, 2.75) is 19.5 Å². The molecule has 0 aromatic heterocycles. The number of carbonyl (C=O) groups is 1. The molecule has 1 radical (unpaired) electrons. The van der Waals surface area contributed by atoms with Gasteiger partial charge in [0, 0.05) is 29.8 Å². The molecule has 9 heteroatoms. The van der Waals surface area contributed by atoms with E-state index in [0.717, 1.165) is 23.5 Å². The second-order valence-electron chi connectivity index (χ2n) is 8.68. The van der Waals surface area contributed by atoms with Crippen LogP contribution >= 0.6 is 7.79 Å². The third-order valence-electron chi connectivity index (χ3n) is 6.39. The predicted molar refractivity (Wildman–Crippen MR) is 141 cm³/mol. The number of ether oxygens (including phenoxy) is 1. The smallest absolute Gasteiger partial charge is 0.416 e. The Labute approximate surface area is 215 Å². The van der Waals surface area contributed by atoms with E-state index in [4.69, 9.17) is 4.74 Å². The summed E-state index contributed by atoms with van der Waals surface area (Å²) in [6.45, 7) is 7.05. The van der Waals surface area contributed by atoms with Crippen LogP contribution < -0.4 is 9.34 Å². The standard InChI is InChI=1S/C28H29F3N2O3P/c1-3-36-27(34)26(20-22-14-16-23(17-15-22)28(29,30)31)21(2)37(35)32(24-10-6-4-7-11-24)18-19-33(37)25-12-8-5-9-13-25/h4-17,26,35H,2-3,18-20H2,1H3. The van der Waals surface area contributed by atoms with E-state index in [1.165, 1.54) is 12.1 Å². The van der Waals surface area contributed by atoms with Crippen molar-refractivity contribution in [2.75, 3.05) is 29.0 Å². The molecule has 1 N–H and O–H groups in total. The number of benzene rings is 3. The molecule has 1 saturated heterocycles. The van der Waals surface area contributed by atoms with Gasteiger partial charge in [0.1, 0.15) is 0 Å². The van der Waals surface area contributed by atoms with Gasteiger partial charge in [-0.05, 0) is 55.3 Å². The van der Waals surface area contributed by atoms with Gasteiger partial charge < -0.3 is 19.0 Å². The maximum Gasteiger partial charge on any atom is 0.416 e. The summed E-state index contributed by atoms with van der Waals surface area (Å²) in [5.74, 6) is -1.54. The molecular formula is C28H29F3N2O3P. The van der Waals surface area contributed by atoms with Gasteiger partial charge in [-0.3, -0.25) is 4.79 Å². The zero-order valence-electron chi connectivity index (χ0n) is 20.4. The van der Waals surface area contributed by atoms with Crippen molar-refractivity contribution < 1.29 is 27.6 Å². The van der Waals surface area contributed by atoms with Gasteiger partial charge in [-0.25, -0.2) is 0 Å². The molecule has 1 heterocycles. The van der Waals surface area contributed by atoms with Crippen LogP contribution in [-0.4, -0.2) is 30.6 Å². The highest BCUT2D eigenvalue weighted by Gasteiger charge is 2.50. The number of hydrogen-bond donors (Lipinski definition) is 1. The highest BCUT2D eigenvalue weighted by atomic mass is 31.2. The summed E-state index contributed by atoms with van der Waals surface area (Å²) in [6, 6.07) is 23.5. The minimum atomic E-state index is -4.46.